The highest BCUT2D eigenvalue weighted by atomic mass is 16.1. The molecule has 0 fully saturated rings. The van der Waals surface area contributed by atoms with Crippen molar-refractivity contribution in [3.63, 3.8) is 0 Å². The Morgan fingerprint density at radius 1 is 1.62 bits per heavy atom. The molecule has 0 bridgehead atoms. The van der Waals surface area contributed by atoms with Crippen LogP contribution >= 0.6 is 0 Å². The second kappa shape index (κ2) is 4.85. The van der Waals surface area contributed by atoms with Crippen LogP contribution < -0.4 is 0 Å². The molecule has 0 aliphatic carbocycles. The first-order chi connectivity index (χ1) is 6.26. The minimum atomic E-state index is 0.439. The third kappa shape index (κ3) is 3.05. The van der Waals surface area contributed by atoms with E-state index < -0.39 is 0 Å². The number of carbonyl (C=O) groups is 1. The lowest BCUT2D eigenvalue weighted by Crippen LogP contribution is -2.05. The van der Waals surface area contributed by atoms with E-state index in [0.717, 1.165) is 19.3 Å². The van der Waals surface area contributed by atoms with Crippen molar-refractivity contribution in [2.24, 2.45) is 5.92 Å². The number of rotatable bonds is 5. The second-order valence-corrected chi connectivity index (χ2v) is 3.58. The van der Waals surface area contributed by atoms with E-state index in [1.54, 1.807) is 0 Å². The summed E-state index contributed by atoms with van der Waals surface area (Å²) in [5.41, 5.74) is 1.36. The summed E-state index contributed by atoms with van der Waals surface area (Å²) in [5, 5.41) is 0. The highest BCUT2D eigenvalue weighted by molar-refractivity contribution is 5.49. The van der Waals surface area contributed by atoms with Crippen LogP contribution in [-0.2, 0) is 17.8 Å². The topological polar surface area (TPSA) is 22.0 Å². The van der Waals surface area contributed by atoms with Crippen LogP contribution in [0.15, 0.2) is 18.5 Å². The Labute approximate surface area is 79.6 Å². The molecular weight excluding hydrogens is 162 g/mol. The van der Waals surface area contributed by atoms with Gasteiger partial charge in [0.25, 0.3) is 0 Å². The standard InChI is InChI=1S/C11H17NO/c1-3-11-4-6-12(9-11)8-10(2)5-7-13/h4,6-7,9-10H,3,5,8H2,1-2H3. The Balaban J connectivity index is 2.48. The molecule has 0 saturated heterocycles. The fourth-order valence-electron chi connectivity index (χ4n) is 1.41. The van der Waals surface area contributed by atoms with Crippen molar-refractivity contribution in [3.05, 3.63) is 24.0 Å². The number of aromatic nitrogens is 1. The van der Waals surface area contributed by atoms with Gasteiger partial charge in [-0.25, -0.2) is 0 Å². The Kier molecular flexibility index (Phi) is 3.74. The van der Waals surface area contributed by atoms with Crippen molar-refractivity contribution in [3.8, 4) is 0 Å². The molecule has 1 aromatic heterocycles. The van der Waals surface area contributed by atoms with E-state index >= 15 is 0 Å². The van der Waals surface area contributed by atoms with E-state index in [0.29, 0.717) is 12.3 Å². The van der Waals surface area contributed by atoms with Crippen LogP contribution in [0.5, 0.6) is 0 Å². The lowest BCUT2D eigenvalue weighted by Gasteiger charge is -2.08. The number of hydrogen-bond acceptors (Lipinski definition) is 1. The Bertz CT molecular complexity index is 265. The molecule has 1 atom stereocenters. The molecule has 2 nitrogen and oxygen atoms in total. The van der Waals surface area contributed by atoms with Gasteiger partial charge in [-0.2, -0.15) is 0 Å². The molecule has 72 valence electrons. The molecule has 1 unspecified atom stereocenters. The molecule has 1 heterocycles. The quantitative estimate of drug-likeness (QED) is 0.635. The minimum absolute atomic E-state index is 0.439. The fourth-order valence-corrected chi connectivity index (χ4v) is 1.41. The van der Waals surface area contributed by atoms with E-state index in [2.05, 4.69) is 36.9 Å². The molecule has 1 aromatic rings. The van der Waals surface area contributed by atoms with Crippen molar-refractivity contribution in [1.82, 2.24) is 4.57 Å². The summed E-state index contributed by atoms with van der Waals surface area (Å²) in [6.45, 7) is 5.19. The molecule has 0 aliphatic rings. The zero-order valence-electron chi connectivity index (χ0n) is 8.36. The average molecular weight is 179 g/mol. The number of nitrogens with zero attached hydrogens (tertiary/aromatic N) is 1. The molecule has 0 saturated carbocycles. The predicted octanol–water partition coefficient (Wildman–Crippen LogP) is 2.28. The maximum atomic E-state index is 10.3. The molecule has 0 aromatic carbocycles. The predicted molar refractivity (Wildman–Crippen MR) is 53.7 cm³/mol. The summed E-state index contributed by atoms with van der Waals surface area (Å²) in [6.07, 6.45) is 6.96. The van der Waals surface area contributed by atoms with Gasteiger partial charge in [-0.15, -0.1) is 0 Å². The van der Waals surface area contributed by atoms with E-state index in [9.17, 15) is 4.79 Å². The number of hydrogen-bond donors (Lipinski definition) is 0. The monoisotopic (exact) mass is 179 g/mol. The van der Waals surface area contributed by atoms with Crippen molar-refractivity contribution in [2.75, 3.05) is 0 Å². The Morgan fingerprint density at radius 2 is 2.38 bits per heavy atom. The normalized spacial score (nSPS) is 12.8. The van der Waals surface area contributed by atoms with Gasteiger partial charge in [-0.3, -0.25) is 0 Å². The fraction of sp³-hybridized carbons (Fsp3) is 0.545. The number of aryl methyl sites for hydroxylation is 1. The third-order valence-corrected chi connectivity index (χ3v) is 2.24. The summed E-state index contributed by atoms with van der Waals surface area (Å²) < 4.78 is 2.16. The summed E-state index contributed by atoms with van der Waals surface area (Å²) in [6, 6.07) is 2.13. The van der Waals surface area contributed by atoms with Crippen molar-refractivity contribution >= 4 is 6.29 Å². The molecular formula is C11H17NO. The van der Waals surface area contributed by atoms with Gasteiger partial charge in [0, 0.05) is 25.4 Å². The number of carbonyl (C=O) groups excluding carboxylic acids is 1. The van der Waals surface area contributed by atoms with Gasteiger partial charge >= 0.3 is 0 Å². The highest BCUT2D eigenvalue weighted by Crippen LogP contribution is 2.07. The van der Waals surface area contributed by atoms with Gasteiger partial charge in [0.1, 0.15) is 6.29 Å². The lowest BCUT2D eigenvalue weighted by molar-refractivity contribution is -0.108. The summed E-state index contributed by atoms with van der Waals surface area (Å²) in [5.74, 6) is 0.439. The van der Waals surface area contributed by atoms with Crippen molar-refractivity contribution in [1.29, 1.82) is 0 Å². The van der Waals surface area contributed by atoms with E-state index in [1.165, 1.54) is 5.56 Å². The van der Waals surface area contributed by atoms with Crippen molar-refractivity contribution < 1.29 is 4.79 Å². The molecule has 2 heteroatoms. The van der Waals surface area contributed by atoms with Crippen LogP contribution in [0.1, 0.15) is 25.8 Å². The van der Waals surface area contributed by atoms with Gasteiger partial charge in [-0.05, 0) is 24.0 Å². The van der Waals surface area contributed by atoms with Crippen LogP contribution in [0.25, 0.3) is 0 Å². The maximum Gasteiger partial charge on any atom is 0.120 e. The first kappa shape index (κ1) is 10.0. The summed E-state index contributed by atoms with van der Waals surface area (Å²) >= 11 is 0. The summed E-state index contributed by atoms with van der Waals surface area (Å²) in [4.78, 5) is 10.3. The molecule has 0 radical (unpaired) electrons. The molecule has 0 spiro atoms. The minimum Gasteiger partial charge on any atom is -0.354 e. The van der Waals surface area contributed by atoms with Crippen LogP contribution in [0, 0.1) is 5.92 Å². The number of aldehydes is 1. The van der Waals surface area contributed by atoms with Gasteiger partial charge in [0.05, 0.1) is 0 Å². The molecule has 13 heavy (non-hydrogen) atoms. The summed E-state index contributed by atoms with van der Waals surface area (Å²) in [7, 11) is 0. The van der Waals surface area contributed by atoms with Crippen LogP contribution in [0.4, 0.5) is 0 Å². The van der Waals surface area contributed by atoms with Crippen molar-refractivity contribution in [2.45, 2.75) is 33.2 Å². The molecule has 0 N–H and O–H groups in total. The van der Waals surface area contributed by atoms with E-state index in [-0.39, 0.29) is 0 Å². The SMILES string of the molecule is CCc1ccn(CC(C)CC=O)c1. The van der Waals surface area contributed by atoms with E-state index in [4.69, 9.17) is 0 Å². The lowest BCUT2D eigenvalue weighted by atomic mass is 10.1. The van der Waals surface area contributed by atoms with Gasteiger partial charge in [0.2, 0.25) is 0 Å². The average Bonchev–Trinajstić information content (AvgIpc) is 2.52. The van der Waals surface area contributed by atoms with Gasteiger partial charge < -0.3 is 9.36 Å². The smallest absolute Gasteiger partial charge is 0.120 e. The first-order valence-electron chi connectivity index (χ1n) is 4.84. The van der Waals surface area contributed by atoms with Crippen LogP contribution in [-0.4, -0.2) is 10.9 Å². The largest absolute Gasteiger partial charge is 0.354 e. The van der Waals surface area contributed by atoms with E-state index in [1.807, 2.05) is 0 Å². The zero-order chi connectivity index (χ0) is 9.68. The van der Waals surface area contributed by atoms with Crippen LogP contribution in [0.3, 0.4) is 0 Å². The Morgan fingerprint density at radius 3 is 2.92 bits per heavy atom. The zero-order valence-corrected chi connectivity index (χ0v) is 8.36. The molecule has 0 aliphatic heterocycles. The Hall–Kier alpha value is -1.05. The molecule has 1 rings (SSSR count). The molecule has 0 amide bonds. The van der Waals surface area contributed by atoms with Gasteiger partial charge in [-0.1, -0.05) is 13.8 Å². The van der Waals surface area contributed by atoms with Crippen LogP contribution in [0.2, 0.25) is 0 Å². The third-order valence-electron chi connectivity index (χ3n) is 2.24. The maximum absolute atomic E-state index is 10.3. The highest BCUT2D eigenvalue weighted by Gasteiger charge is 2.02. The first-order valence-corrected chi connectivity index (χ1v) is 4.84. The second-order valence-electron chi connectivity index (χ2n) is 3.58. The van der Waals surface area contributed by atoms with Gasteiger partial charge in [0.15, 0.2) is 0 Å².